The van der Waals surface area contributed by atoms with Gasteiger partial charge in [-0.2, -0.15) is 0 Å². The van der Waals surface area contributed by atoms with Crippen molar-refractivity contribution in [2.45, 2.75) is 6.42 Å². The van der Waals surface area contributed by atoms with Gasteiger partial charge in [0.15, 0.2) is 0 Å². The molecular formula is C14H14N2O2. The van der Waals surface area contributed by atoms with Gasteiger partial charge in [-0.15, -0.1) is 0 Å². The molecule has 1 heterocycles. The molecule has 18 heavy (non-hydrogen) atoms. The minimum absolute atomic E-state index is 0.305. The molecule has 0 fully saturated rings. The fraction of sp³-hybridized carbons (Fsp3) is 0.214. The summed E-state index contributed by atoms with van der Waals surface area (Å²) >= 11 is 0. The fourth-order valence-corrected chi connectivity index (χ4v) is 2.10. The van der Waals surface area contributed by atoms with Crippen LogP contribution in [0.3, 0.4) is 0 Å². The summed E-state index contributed by atoms with van der Waals surface area (Å²) in [4.78, 5) is 11.9. The van der Waals surface area contributed by atoms with Gasteiger partial charge in [-0.25, -0.2) is 4.79 Å². The van der Waals surface area contributed by atoms with Crippen molar-refractivity contribution < 1.29 is 9.53 Å². The van der Waals surface area contributed by atoms with Crippen LogP contribution in [0.1, 0.15) is 11.1 Å². The molecule has 1 aromatic rings. The number of carbonyl (C=O) groups excluding carboxylic acids is 1. The molecule has 0 aromatic heterocycles. The average molecular weight is 242 g/mol. The monoisotopic (exact) mass is 242 g/mol. The second-order valence-corrected chi connectivity index (χ2v) is 4.33. The Hall–Kier alpha value is -2.07. The van der Waals surface area contributed by atoms with Gasteiger partial charge in [0.1, 0.15) is 5.75 Å². The number of benzene rings is 1. The number of nitrogens with one attached hydrogen (secondary N) is 2. The summed E-state index contributed by atoms with van der Waals surface area (Å²) in [7, 11) is 0. The normalized spacial score (nSPS) is 16.8. The van der Waals surface area contributed by atoms with E-state index < -0.39 is 0 Å². The molecule has 1 aliphatic carbocycles. The van der Waals surface area contributed by atoms with Gasteiger partial charge < -0.3 is 10.1 Å². The van der Waals surface area contributed by atoms with Crippen LogP contribution in [0.2, 0.25) is 0 Å². The van der Waals surface area contributed by atoms with Crippen molar-refractivity contribution in [3.63, 3.8) is 0 Å². The molecule has 4 heteroatoms. The van der Waals surface area contributed by atoms with Crippen LogP contribution in [-0.4, -0.2) is 19.2 Å². The Morgan fingerprint density at radius 1 is 1.33 bits per heavy atom. The number of ether oxygens (including phenoxy) is 1. The maximum Gasteiger partial charge on any atom is 0.342 e. The quantitative estimate of drug-likeness (QED) is 0.604. The summed E-state index contributed by atoms with van der Waals surface area (Å²) in [6, 6.07) is 5.74. The first-order valence-corrected chi connectivity index (χ1v) is 5.98. The minimum atomic E-state index is -0.305. The summed E-state index contributed by atoms with van der Waals surface area (Å²) in [5.41, 5.74) is 3.02. The van der Waals surface area contributed by atoms with Crippen molar-refractivity contribution >= 4 is 12.0 Å². The number of allylic oxidation sites excluding steroid dienone is 1. The predicted molar refractivity (Wildman–Crippen MR) is 68.9 cm³/mol. The number of rotatable bonds is 2. The highest BCUT2D eigenvalue weighted by atomic mass is 16.5. The average Bonchev–Trinajstić information content (AvgIpc) is 2.87. The fourth-order valence-electron chi connectivity index (χ4n) is 2.10. The molecule has 0 bridgehead atoms. The first-order chi connectivity index (χ1) is 8.83. The molecule has 1 aliphatic heterocycles. The van der Waals surface area contributed by atoms with Crippen LogP contribution in [-0.2, 0) is 11.2 Å². The molecule has 0 atom stereocenters. The summed E-state index contributed by atoms with van der Waals surface area (Å²) < 4.78 is 5.36. The standard InChI is InChI=1S/C14H14N2O2/c17-14(12-7-15-9-16-8-12)18-13-5-4-10-2-1-3-11(10)6-13/h1-2,4-7,15-16H,3,8-9H2. The summed E-state index contributed by atoms with van der Waals surface area (Å²) in [5, 5.41) is 6.01. The van der Waals surface area contributed by atoms with Crippen molar-refractivity contribution in [3.8, 4) is 5.75 Å². The zero-order valence-electron chi connectivity index (χ0n) is 9.90. The minimum Gasteiger partial charge on any atom is -0.423 e. The molecule has 0 radical (unpaired) electrons. The second kappa shape index (κ2) is 4.66. The van der Waals surface area contributed by atoms with Crippen LogP contribution < -0.4 is 15.4 Å². The Bertz CT molecular complexity index is 547. The molecule has 0 spiro atoms. The number of fused-ring (bicyclic) bond motifs is 1. The molecule has 2 N–H and O–H groups in total. The molecular weight excluding hydrogens is 228 g/mol. The summed E-state index contributed by atoms with van der Waals surface area (Å²) in [6.07, 6.45) is 6.80. The Morgan fingerprint density at radius 2 is 2.28 bits per heavy atom. The zero-order chi connectivity index (χ0) is 12.4. The van der Waals surface area contributed by atoms with Crippen molar-refractivity contribution in [2.24, 2.45) is 0 Å². The predicted octanol–water partition coefficient (Wildman–Crippen LogP) is 1.20. The number of esters is 1. The van der Waals surface area contributed by atoms with Crippen LogP contribution >= 0.6 is 0 Å². The van der Waals surface area contributed by atoms with Gasteiger partial charge >= 0.3 is 5.97 Å². The van der Waals surface area contributed by atoms with E-state index in [1.807, 2.05) is 18.2 Å². The Balaban J connectivity index is 1.73. The molecule has 1 aromatic carbocycles. The third kappa shape index (κ3) is 2.15. The highest BCUT2D eigenvalue weighted by Gasteiger charge is 2.15. The highest BCUT2D eigenvalue weighted by molar-refractivity contribution is 5.90. The van der Waals surface area contributed by atoms with Gasteiger partial charge in [-0.1, -0.05) is 18.2 Å². The van der Waals surface area contributed by atoms with Gasteiger partial charge in [0.05, 0.1) is 12.2 Å². The van der Waals surface area contributed by atoms with E-state index in [-0.39, 0.29) is 5.97 Å². The largest absolute Gasteiger partial charge is 0.423 e. The third-order valence-electron chi connectivity index (χ3n) is 3.04. The van der Waals surface area contributed by atoms with Gasteiger partial charge in [0.2, 0.25) is 0 Å². The lowest BCUT2D eigenvalue weighted by molar-refractivity contribution is -0.130. The maximum absolute atomic E-state index is 11.9. The van der Waals surface area contributed by atoms with Gasteiger partial charge in [-0.3, -0.25) is 5.32 Å². The molecule has 0 saturated heterocycles. The summed E-state index contributed by atoms with van der Waals surface area (Å²) in [6.45, 7) is 1.22. The first-order valence-electron chi connectivity index (χ1n) is 5.98. The molecule has 0 saturated carbocycles. The molecule has 3 rings (SSSR count). The van der Waals surface area contributed by atoms with Crippen LogP contribution in [0.5, 0.6) is 5.75 Å². The van der Waals surface area contributed by atoms with E-state index in [9.17, 15) is 4.79 Å². The Kier molecular flexibility index (Phi) is 2.86. The van der Waals surface area contributed by atoms with Crippen LogP contribution in [0.25, 0.3) is 6.08 Å². The SMILES string of the molecule is O=C(Oc1ccc2c(c1)CC=C2)C1=CNCNC1. The van der Waals surface area contributed by atoms with Crippen molar-refractivity contribution in [3.05, 3.63) is 47.2 Å². The van der Waals surface area contributed by atoms with E-state index in [0.717, 1.165) is 6.42 Å². The molecule has 0 unspecified atom stereocenters. The van der Waals surface area contributed by atoms with Gasteiger partial charge in [-0.05, 0) is 29.7 Å². The molecule has 92 valence electrons. The highest BCUT2D eigenvalue weighted by Crippen LogP contribution is 2.24. The van der Waals surface area contributed by atoms with Gasteiger partial charge in [0, 0.05) is 12.7 Å². The number of hydrogen-bond acceptors (Lipinski definition) is 4. The number of hydrogen-bond donors (Lipinski definition) is 2. The van der Waals surface area contributed by atoms with E-state index in [2.05, 4.69) is 22.8 Å². The van der Waals surface area contributed by atoms with Crippen molar-refractivity contribution in [1.82, 2.24) is 10.6 Å². The topological polar surface area (TPSA) is 50.4 Å². The lowest BCUT2D eigenvalue weighted by Crippen LogP contribution is -2.36. The van der Waals surface area contributed by atoms with Crippen molar-refractivity contribution in [2.75, 3.05) is 13.2 Å². The van der Waals surface area contributed by atoms with Crippen molar-refractivity contribution in [1.29, 1.82) is 0 Å². The Labute approximate surface area is 105 Å². The van der Waals surface area contributed by atoms with Crippen LogP contribution in [0.15, 0.2) is 36.0 Å². The van der Waals surface area contributed by atoms with E-state index in [1.165, 1.54) is 11.1 Å². The third-order valence-corrected chi connectivity index (χ3v) is 3.04. The summed E-state index contributed by atoms with van der Waals surface area (Å²) in [5.74, 6) is 0.300. The van der Waals surface area contributed by atoms with Gasteiger partial charge in [0.25, 0.3) is 0 Å². The van der Waals surface area contributed by atoms with E-state index >= 15 is 0 Å². The maximum atomic E-state index is 11.9. The smallest absolute Gasteiger partial charge is 0.342 e. The van der Waals surface area contributed by atoms with Crippen LogP contribution in [0, 0.1) is 0 Å². The van der Waals surface area contributed by atoms with E-state index in [1.54, 1.807) is 6.20 Å². The molecule has 4 nitrogen and oxygen atoms in total. The molecule has 2 aliphatic rings. The lowest BCUT2D eigenvalue weighted by Gasteiger charge is -2.14. The van der Waals surface area contributed by atoms with E-state index in [0.29, 0.717) is 24.5 Å². The Morgan fingerprint density at radius 3 is 3.11 bits per heavy atom. The van der Waals surface area contributed by atoms with Crippen LogP contribution in [0.4, 0.5) is 0 Å². The lowest BCUT2D eigenvalue weighted by atomic mass is 10.1. The number of carbonyl (C=O) groups is 1. The van der Waals surface area contributed by atoms with E-state index in [4.69, 9.17) is 4.74 Å². The zero-order valence-corrected chi connectivity index (χ0v) is 9.90. The molecule has 0 amide bonds. The first kappa shape index (κ1) is 11.0. The second-order valence-electron chi connectivity index (χ2n) is 4.33.